The molecular formula is C14H18N2O2S. The van der Waals surface area contributed by atoms with Crippen molar-refractivity contribution in [1.29, 1.82) is 0 Å². The molecule has 1 atom stereocenters. The summed E-state index contributed by atoms with van der Waals surface area (Å²) >= 11 is 1.59. The van der Waals surface area contributed by atoms with E-state index in [1.54, 1.807) is 18.4 Å². The molecule has 2 rings (SSSR count). The molecule has 1 amide bonds. The molecule has 4 nitrogen and oxygen atoms in total. The minimum absolute atomic E-state index is 0.0201. The highest BCUT2D eigenvalue weighted by molar-refractivity contribution is 7.12. The number of nitrogens with zero attached hydrogens (tertiary/aromatic N) is 1. The Kier molecular flexibility index (Phi) is 4.04. The molecule has 102 valence electrons. The highest BCUT2D eigenvalue weighted by Crippen LogP contribution is 2.32. The summed E-state index contributed by atoms with van der Waals surface area (Å²) in [5.41, 5.74) is 6.83. The number of carbonyl (C=O) groups excluding carboxylic acids is 1. The van der Waals surface area contributed by atoms with Gasteiger partial charge >= 0.3 is 0 Å². The average Bonchev–Trinajstić information content (AvgIpc) is 2.70. The zero-order valence-electron chi connectivity index (χ0n) is 11.6. The van der Waals surface area contributed by atoms with Crippen molar-refractivity contribution in [2.45, 2.75) is 27.2 Å². The van der Waals surface area contributed by atoms with Gasteiger partial charge in [0.15, 0.2) is 5.06 Å². The first-order valence-corrected chi connectivity index (χ1v) is 7.08. The van der Waals surface area contributed by atoms with Crippen LogP contribution in [0.5, 0.6) is 5.06 Å². The summed E-state index contributed by atoms with van der Waals surface area (Å²) in [5, 5.41) is 7.15. The number of nitrogens with one attached hydrogen (secondary N) is 1. The predicted molar refractivity (Wildman–Crippen MR) is 78.6 cm³/mol. The van der Waals surface area contributed by atoms with Gasteiger partial charge in [-0.1, -0.05) is 6.92 Å². The van der Waals surface area contributed by atoms with Crippen molar-refractivity contribution >= 4 is 29.0 Å². The van der Waals surface area contributed by atoms with E-state index in [1.165, 1.54) is 5.56 Å². The Hall–Kier alpha value is -1.62. The molecule has 2 heterocycles. The van der Waals surface area contributed by atoms with Gasteiger partial charge in [-0.05, 0) is 36.4 Å². The van der Waals surface area contributed by atoms with Crippen molar-refractivity contribution in [2.24, 2.45) is 11.0 Å². The van der Waals surface area contributed by atoms with Gasteiger partial charge in [0.2, 0.25) is 5.91 Å². The fraction of sp³-hybridized carbons (Fsp3) is 0.429. The van der Waals surface area contributed by atoms with Crippen molar-refractivity contribution in [3.8, 4) is 5.06 Å². The van der Waals surface area contributed by atoms with E-state index >= 15 is 0 Å². The summed E-state index contributed by atoms with van der Waals surface area (Å²) in [5.74, 6) is 0.128. The van der Waals surface area contributed by atoms with Gasteiger partial charge in [0.05, 0.1) is 12.8 Å². The van der Waals surface area contributed by atoms with Crippen molar-refractivity contribution < 1.29 is 9.53 Å². The Labute approximate surface area is 117 Å². The lowest BCUT2D eigenvalue weighted by atomic mass is 9.93. The summed E-state index contributed by atoms with van der Waals surface area (Å²) in [6.07, 6.45) is 2.57. The van der Waals surface area contributed by atoms with Gasteiger partial charge in [-0.25, -0.2) is 5.43 Å². The summed E-state index contributed by atoms with van der Waals surface area (Å²) in [7, 11) is 1.68. The molecule has 5 heteroatoms. The first-order valence-electron chi connectivity index (χ1n) is 6.20. The van der Waals surface area contributed by atoms with Gasteiger partial charge < -0.3 is 4.74 Å². The number of rotatable bonds is 3. The molecule has 0 aliphatic carbocycles. The molecule has 0 bridgehead atoms. The van der Waals surface area contributed by atoms with E-state index in [0.29, 0.717) is 6.42 Å². The molecule has 0 saturated carbocycles. The van der Waals surface area contributed by atoms with Gasteiger partial charge in [-0.15, -0.1) is 11.3 Å². The molecule has 1 aliphatic rings. The number of hydrogen-bond donors (Lipinski definition) is 1. The first-order chi connectivity index (χ1) is 9.02. The van der Waals surface area contributed by atoms with Gasteiger partial charge in [-0.2, -0.15) is 5.10 Å². The highest BCUT2D eigenvalue weighted by atomic mass is 32.1. The number of carbonyl (C=O) groups is 1. The maximum absolute atomic E-state index is 11.3. The van der Waals surface area contributed by atoms with Gasteiger partial charge in [0.25, 0.3) is 0 Å². The Bertz CT molecular complexity index is 558. The number of hydrogen-bond acceptors (Lipinski definition) is 4. The van der Waals surface area contributed by atoms with Crippen LogP contribution in [0.25, 0.3) is 6.08 Å². The second kappa shape index (κ2) is 5.57. The average molecular weight is 278 g/mol. The number of thiophene rings is 1. The van der Waals surface area contributed by atoms with Crippen LogP contribution in [0.3, 0.4) is 0 Å². The smallest absolute Gasteiger partial charge is 0.240 e. The lowest BCUT2D eigenvalue weighted by Gasteiger charge is -2.19. The molecule has 1 aromatic heterocycles. The Morgan fingerprint density at radius 2 is 2.37 bits per heavy atom. The normalized spacial score (nSPS) is 20.0. The Morgan fingerprint density at radius 3 is 3.00 bits per heavy atom. The number of allylic oxidation sites excluding steroid dienone is 1. The van der Waals surface area contributed by atoms with Crippen molar-refractivity contribution in [2.75, 3.05) is 7.11 Å². The van der Waals surface area contributed by atoms with Crippen LogP contribution in [0.15, 0.2) is 16.1 Å². The van der Waals surface area contributed by atoms with E-state index < -0.39 is 0 Å². The van der Waals surface area contributed by atoms with Crippen LogP contribution in [0.4, 0.5) is 0 Å². The SMILES string of the molecule is COc1scc(C)c1C=C(C)C1=NNC(=O)CC1C. The van der Waals surface area contributed by atoms with E-state index in [1.807, 2.05) is 13.8 Å². The molecule has 1 unspecified atom stereocenters. The number of methoxy groups -OCH3 is 1. The molecule has 0 spiro atoms. The molecule has 1 N–H and O–H groups in total. The molecular weight excluding hydrogens is 260 g/mol. The number of ether oxygens (including phenoxy) is 1. The molecule has 0 radical (unpaired) electrons. The highest BCUT2D eigenvalue weighted by Gasteiger charge is 2.21. The Morgan fingerprint density at radius 1 is 1.63 bits per heavy atom. The minimum Gasteiger partial charge on any atom is -0.487 e. The third-order valence-electron chi connectivity index (χ3n) is 3.20. The maximum Gasteiger partial charge on any atom is 0.240 e. The van der Waals surface area contributed by atoms with Crippen LogP contribution in [-0.2, 0) is 4.79 Å². The van der Waals surface area contributed by atoms with E-state index in [4.69, 9.17) is 4.74 Å². The monoisotopic (exact) mass is 278 g/mol. The third-order valence-corrected chi connectivity index (χ3v) is 4.27. The molecule has 0 saturated heterocycles. The molecule has 19 heavy (non-hydrogen) atoms. The fourth-order valence-electron chi connectivity index (χ4n) is 2.18. The van der Waals surface area contributed by atoms with Crippen LogP contribution >= 0.6 is 11.3 Å². The first kappa shape index (κ1) is 13.8. The molecule has 0 aromatic carbocycles. The van der Waals surface area contributed by atoms with Crippen molar-refractivity contribution in [3.05, 3.63) is 22.1 Å². The van der Waals surface area contributed by atoms with Crippen LogP contribution in [0.1, 0.15) is 31.4 Å². The largest absolute Gasteiger partial charge is 0.487 e. The van der Waals surface area contributed by atoms with Gasteiger partial charge in [0, 0.05) is 17.9 Å². The van der Waals surface area contributed by atoms with Crippen molar-refractivity contribution in [3.63, 3.8) is 0 Å². The van der Waals surface area contributed by atoms with E-state index in [-0.39, 0.29) is 11.8 Å². The summed E-state index contributed by atoms with van der Waals surface area (Å²) in [4.78, 5) is 11.3. The predicted octanol–water partition coefficient (Wildman–Crippen LogP) is 2.98. The zero-order chi connectivity index (χ0) is 14.0. The zero-order valence-corrected chi connectivity index (χ0v) is 12.4. The third kappa shape index (κ3) is 2.87. The molecule has 1 aromatic rings. The summed E-state index contributed by atoms with van der Waals surface area (Å²) < 4.78 is 5.36. The lowest BCUT2D eigenvalue weighted by Crippen LogP contribution is -2.31. The van der Waals surface area contributed by atoms with Crippen LogP contribution < -0.4 is 10.2 Å². The van der Waals surface area contributed by atoms with Crippen LogP contribution in [-0.4, -0.2) is 18.7 Å². The number of amides is 1. The van der Waals surface area contributed by atoms with E-state index in [9.17, 15) is 4.79 Å². The lowest BCUT2D eigenvalue weighted by molar-refractivity contribution is -0.121. The topological polar surface area (TPSA) is 50.7 Å². The number of aryl methyl sites for hydroxylation is 1. The van der Waals surface area contributed by atoms with Gasteiger partial charge in [-0.3, -0.25) is 4.79 Å². The molecule has 0 fully saturated rings. The number of hydrazone groups is 1. The van der Waals surface area contributed by atoms with Gasteiger partial charge in [0.1, 0.15) is 0 Å². The maximum atomic E-state index is 11.3. The standard InChI is InChI=1S/C14H18N2O2S/c1-8(13-9(2)6-12(17)15-16-13)5-11-10(3)7-19-14(11)18-4/h5,7,9H,6H2,1-4H3,(H,15,17). The second-order valence-electron chi connectivity index (χ2n) is 4.79. The summed E-state index contributed by atoms with van der Waals surface area (Å²) in [6.45, 7) is 6.10. The van der Waals surface area contributed by atoms with E-state index in [0.717, 1.165) is 21.9 Å². The van der Waals surface area contributed by atoms with E-state index in [2.05, 4.69) is 28.9 Å². The van der Waals surface area contributed by atoms with Crippen LogP contribution in [0.2, 0.25) is 0 Å². The fourth-order valence-corrected chi connectivity index (χ4v) is 3.04. The minimum atomic E-state index is -0.0201. The van der Waals surface area contributed by atoms with Crippen molar-refractivity contribution in [1.82, 2.24) is 5.43 Å². The quantitative estimate of drug-likeness (QED) is 0.924. The van der Waals surface area contributed by atoms with Crippen LogP contribution in [0, 0.1) is 12.8 Å². The summed E-state index contributed by atoms with van der Waals surface area (Å²) in [6, 6.07) is 0. The Balaban J connectivity index is 2.33. The molecule has 1 aliphatic heterocycles. The second-order valence-corrected chi connectivity index (χ2v) is 5.63.